The Balaban J connectivity index is 1.28. The highest BCUT2D eigenvalue weighted by molar-refractivity contribution is 7.99. The molecule has 1 fully saturated rings. The average Bonchev–Trinajstić information content (AvgIpc) is 3.42. The summed E-state index contributed by atoms with van der Waals surface area (Å²) in [4.78, 5) is 4.63. The Morgan fingerprint density at radius 2 is 2.07 bits per heavy atom. The Morgan fingerprint density at radius 1 is 1.17 bits per heavy atom. The van der Waals surface area contributed by atoms with Crippen LogP contribution < -0.4 is 10.1 Å². The lowest BCUT2D eigenvalue weighted by Crippen LogP contribution is -2.06. The van der Waals surface area contributed by atoms with E-state index in [4.69, 9.17) is 9.15 Å². The van der Waals surface area contributed by atoms with E-state index in [0.29, 0.717) is 12.5 Å². The zero-order chi connectivity index (χ0) is 20.3. The molecular formula is C25H24N2O2S. The molecule has 152 valence electrons. The van der Waals surface area contributed by atoms with Gasteiger partial charge in [-0.25, -0.2) is 4.98 Å². The third-order valence-electron chi connectivity index (χ3n) is 5.45. The standard InChI is InChI=1S/C25H24N2O2S/c1-17-24(27-25(29-17)19-5-3-2-4-6-19)14-28-23-10-9-20-11-18(7-8-21(20)13-23)12-22-15-30-16-26-22/h2-6,9-13,26H,7-8,14-16H2,1H3/b22-12+. The van der Waals surface area contributed by atoms with Crippen LogP contribution >= 0.6 is 11.8 Å². The second kappa shape index (κ2) is 8.44. The molecule has 0 saturated carbocycles. The molecule has 1 saturated heterocycles. The minimum absolute atomic E-state index is 0.400. The van der Waals surface area contributed by atoms with E-state index in [2.05, 4.69) is 34.6 Å². The predicted molar refractivity (Wildman–Crippen MR) is 122 cm³/mol. The van der Waals surface area contributed by atoms with Gasteiger partial charge in [0.05, 0.1) is 5.88 Å². The minimum Gasteiger partial charge on any atom is -0.487 e. The Kier molecular flexibility index (Phi) is 5.37. The number of aromatic nitrogens is 1. The third-order valence-corrected chi connectivity index (χ3v) is 6.31. The monoisotopic (exact) mass is 416 g/mol. The highest BCUT2D eigenvalue weighted by atomic mass is 32.2. The maximum absolute atomic E-state index is 6.05. The molecule has 1 aliphatic heterocycles. The van der Waals surface area contributed by atoms with Crippen molar-refractivity contribution in [1.82, 2.24) is 10.3 Å². The van der Waals surface area contributed by atoms with E-state index in [1.807, 2.05) is 55.1 Å². The summed E-state index contributed by atoms with van der Waals surface area (Å²) in [5.74, 6) is 4.42. The molecule has 0 unspecified atom stereocenters. The first-order valence-electron chi connectivity index (χ1n) is 10.2. The molecule has 1 N–H and O–H groups in total. The fourth-order valence-corrected chi connectivity index (χ4v) is 4.58. The number of nitrogens with zero attached hydrogens (tertiary/aromatic N) is 1. The van der Waals surface area contributed by atoms with Gasteiger partial charge >= 0.3 is 0 Å². The van der Waals surface area contributed by atoms with Crippen LogP contribution in [0.2, 0.25) is 0 Å². The van der Waals surface area contributed by atoms with Gasteiger partial charge in [0.25, 0.3) is 0 Å². The van der Waals surface area contributed by atoms with Gasteiger partial charge in [0.2, 0.25) is 5.89 Å². The molecule has 4 nitrogen and oxygen atoms in total. The van der Waals surface area contributed by atoms with Crippen LogP contribution in [0.1, 0.15) is 29.0 Å². The molecule has 30 heavy (non-hydrogen) atoms. The highest BCUT2D eigenvalue weighted by Gasteiger charge is 2.14. The van der Waals surface area contributed by atoms with Crippen LogP contribution in [0.25, 0.3) is 17.5 Å². The van der Waals surface area contributed by atoms with Gasteiger partial charge in [-0.15, -0.1) is 11.8 Å². The van der Waals surface area contributed by atoms with Gasteiger partial charge in [-0.1, -0.05) is 30.3 Å². The molecule has 5 heteroatoms. The number of rotatable bonds is 5. The van der Waals surface area contributed by atoms with Crippen LogP contribution in [0.3, 0.4) is 0 Å². The number of hydrogen-bond donors (Lipinski definition) is 1. The molecule has 1 aliphatic carbocycles. The molecule has 0 bridgehead atoms. The van der Waals surface area contributed by atoms with Crippen molar-refractivity contribution in [1.29, 1.82) is 0 Å². The van der Waals surface area contributed by atoms with E-state index in [0.717, 1.165) is 47.2 Å². The Morgan fingerprint density at radius 3 is 2.90 bits per heavy atom. The van der Waals surface area contributed by atoms with Gasteiger partial charge < -0.3 is 14.5 Å². The van der Waals surface area contributed by atoms with E-state index in [-0.39, 0.29) is 0 Å². The molecule has 0 atom stereocenters. The zero-order valence-corrected chi connectivity index (χ0v) is 17.8. The van der Waals surface area contributed by atoms with Crippen LogP contribution in [0.5, 0.6) is 5.75 Å². The molecule has 2 aromatic carbocycles. The number of allylic oxidation sites excluding steroid dienone is 2. The molecule has 5 rings (SSSR count). The van der Waals surface area contributed by atoms with Crippen LogP contribution in [0.15, 0.2) is 70.3 Å². The lowest BCUT2D eigenvalue weighted by molar-refractivity contribution is 0.299. The van der Waals surface area contributed by atoms with Crippen LogP contribution in [0.4, 0.5) is 0 Å². The second-order valence-corrected chi connectivity index (χ2v) is 8.58. The quantitative estimate of drug-likeness (QED) is 0.575. The Labute approximate surface area is 181 Å². The van der Waals surface area contributed by atoms with E-state index >= 15 is 0 Å². The first kappa shape index (κ1) is 19.1. The molecule has 3 aromatic rings. The number of thioether (sulfide) groups is 1. The van der Waals surface area contributed by atoms with Gasteiger partial charge in [0.1, 0.15) is 23.8 Å². The van der Waals surface area contributed by atoms with Gasteiger partial charge in [-0.3, -0.25) is 0 Å². The molecule has 2 heterocycles. The molecule has 0 radical (unpaired) electrons. The first-order valence-corrected chi connectivity index (χ1v) is 11.4. The summed E-state index contributed by atoms with van der Waals surface area (Å²) in [6, 6.07) is 16.3. The minimum atomic E-state index is 0.400. The van der Waals surface area contributed by atoms with Gasteiger partial charge in [-0.05, 0) is 66.8 Å². The number of fused-ring (bicyclic) bond motifs is 1. The number of aryl methyl sites for hydroxylation is 2. The van der Waals surface area contributed by atoms with Crippen molar-refractivity contribution in [2.24, 2.45) is 0 Å². The molecule has 1 aromatic heterocycles. The summed E-state index contributed by atoms with van der Waals surface area (Å²) < 4.78 is 11.9. The summed E-state index contributed by atoms with van der Waals surface area (Å²) in [5.41, 5.74) is 7.17. The molecule has 0 spiro atoms. The Hall–Kier alpha value is -2.92. The normalized spacial score (nSPS) is 16.8. The molecule has 2 aliphatic rings. The van der Waals surface area contributed by atoms with Crippen LogP contribution in [0, 0.1) is 6.92 Å². The molecule has 0 amide bonds. The van der Waals surface area contributed by atoms with Crippen molar-refractivity contribution in [2.45, 2.75) is 26.4 Å². The van der Waals surface area contributed by atoms with Gasteiger partial charge in [-0.2, -0.15) is 0 Å². The number of ether oxygens (including phenoxy) is 1. The average molecular weight is 417 g/mol. The fourth-order valence-electron chi connectivity index (χ4n) is 3.78. The van der Waals surface area contributed by atoms with E-state index < -0.39 is 0 Å². The number of nitrogens with one attached hydrogen (secondary N) is 1. The van der Waals surface area contributed by atoms with Crippen molar-refractivity contribution in [3.8, 4) is 17.2 Å². The maximum atomic E-state index is 6.05. The molecular weight excluding hydrogens is 392 g/mol. The van der Waals surface area contributed by atoms with Gasteiger partial charge in [0.15, 0.2) is 0 Å². The van der Waals surface area contributed by atoms with Crippen LogP contribution in [-0.2, 0) is 13.0 Å². The summed E-state index contributed by atoms with van der Waals surface area (Å²) >= 11 is 1.93. The lowest BCUT2D eigenvalue weighted by atomic mass is 9.91. The summed E-state index contributed by atoms with van der Waals surface area (Å²) in [5, 5.41) is 3.44. The predicted octanol–water partition coefficient (Wildman–Crippen LogP) is 5.74. The number of benzene rings is 2. The maximum Gasteiger partial charge on any atom is 0.226 e. The van der Waals surface area contributed by atoms with Crippen molar-refractivity contribution < 1.29 is 9.15 Å². The largest absolute Gasteiger partial charge is 0.487 e. The van der Waals surface area contributed by atoms with E-state index in [1.54, 1.807) is 0 Å². The van der Waals surface area contributed by atoms with Crippen molar-refractivity contribution >= 4 is 17.8 Å². The third kappa shape index (κ3) is 4.17. The lowest BCUT2D eigenvalue weighted by Gasteiger charge is -2.16. The summed E-state index contributed by atoms with van der Waals surface area (Å²) in [6.45, 7) is 2.33. The Bertz CT molecular complexity index is 1110. The van der Waals surface area contributed by atoms with Crippen molar-refractivity contribution in [2.75, 3.05) is 11.6 Å². The summed E-state index contributed by atoms with van der Waals surface area (Å²) in [6.07, 6.45) is 6.71. The van der Waals surface area contributed by atoms with Gasteiger partial charge in [0, 0.05) is 17.0 Å². The SMILES string of the molecule is Cc1oc(-c2ccccc2)nc1COc1ccc2c(c1)CCC(/C=C1\CSCN1)=C2. The highest BCUT2D eigenvalue weighted by Crippen LogP contribution is 2.30. The topological polar surface area (TPSA) is 47.3 Å². The number of hydrogen-bond acceptors (Lipinski definition) is 5. The summed E-state index contributed by atoms with van der Waals surface area (Å²) in [7, 11) is 0. The van der Waals surface area contributed by atoms with E-state index in [1.165, 1.54) is 22.4 Å². The van der Waals surface area contributed by atoms with E-state index in [9.17, 15) is 0 Å². The van der Waals surface area contributed by atoms with Crippen LogP contribution in [-0.4, -0.2) is 16.6 Å². The van der Waals surface area contributed by atoms with Crippen molar-refractivity contribution in [3.05, 3.63) is 88.5 Å². The first-order chi connectivity index (χ1) is 14.7. The zero-order valence-electron chi connectivity index (χ0n) is 17.0. The second-order valence-electron chi connectivity index (χ2n) is 7.60. The smallest absolute Gasteiger partial charge is 0.226 e. The fraction of sp³-hybridized carbons (Fsp3) is 0.240. The number of oxazole rings is 1. The van der Waals surface area contributed by atoms with Crippen molar-refractivity contribution in [3.63, 3.8) is 0 Å².